The number of nitrogens with zero attached hydrogens (tertiary/aromatic N) is 1. The van der Waals surface area contributed by atoms with Crippen molar-refractivity contribution in [3.05, 3.63) is 65.2 Å². The summed E-state index contributed by atoms with van der Waals surface area (Å²) in [6.07, 6.45) is -4.48. The van der Waals surface area contributed by atoms with Crippen molar-refractivity contribution in [1.29, 1.82) is 0 Å². The van der Waals surface area contributed by atoms with Crippen LogP contribution in [0.3, 0.4) is 0 Å². The molecule has 2 aromatic carbocycles. The second kappa shape index (κ2) is 7.46. The van der Waals surface area contributed by atoms with E-state index < -0.39 is 27.7 Å². The number of halogens is 3. The number of carbonyl (C=O) groups excluding carboxylic acids is 1. The van der Waals surface area contributed by atoms with Gasteiger partial charge in [0, 0.05) is 14.1 Å². The maximum Gasteiger partial charge on any atom is 0.416 e. The van der Waals surface area contributed by atoms with E-state index in [2.05, 4.69) is 0 Å². The van der Waals surface area contributed by atoms with E-state index in [4.69, 9.17) is 4.74 Å². The number of benzene rings is 2. The quantitative estimate of drug-likeness (QED) is 0.739. The molecule has 0 radical (unpaired) electrons. The highest BCUT2D eigenvalue weighted by Crippen LogP contribution is 2.29. The van der Waals surface area contributed by atoms with Gasteiger partial charge in [0.05, 0.1) is 16.0 Å². The minimum atomic E-state index is -4.48. The molecule has 0 heterocycles. The molecule has 0 N–H and O–H groups in total. The summed E-state index contributed by atoms with van der Waals surface area (Å²) in [6, 6.07) is 9.56. The Labute approximate surface area is 149 Å². The number of ether oxygens (including phenoxy) is 1. The molecule has 0 aliphatic carbocycles. The molecule has 9 heteroatoms. The van der Waals surface area contributed by atoms with E-state index in [1.807, 2.05) is 0 Å². The van der Waals surface area contributed by atoms with Gasteiger partial charge in [0.1, 0.15) is 6.61 Å². The van der Waals surface area contributed by atoms with E-state index in [9.17, 15) is 26.4 Å². The van der Waals surface area contributed by atoms with Gasteiger partial charge < -0.3 is 4.74 Å². The molecule has 2 rings (SSSR count). The molecule has 0 amide bonds. The molecule has 5 nitrogen and oxygen atoms in total. The molecule has 0 saturated carbocycles. The molecule has 140 valence electrons. The van der Waals surface area contributed by atoms with Gasteiger partial charge in [-0.3, -0.25) is 0 Å². The molecule has 26 heavy (non-hydrogen) atoms. The monoisotopic (exact) mass is 387 g/mol. The first-order valence-electron chi connectivity index (χ1n) is 7.37. The fraction of sp³-hybridized carbons (Fsp3) is 0.235. The summed E-state index contributed by atoms with van der Waals surface area (Å²) >= 11 is 0. The first kappa shape index (κ1) is 19.9. The molecule has 0 aliphatic heterocycles. The Morgan fingerprint density at radius 1 is 1.08 bits per heavy atom. The standard InChI is InChI=1S/C17H16F3NO4S/c1-21(2)26(23,24)15-8-6-13(7-9-15)16(22)25-11-12-4-3-5-14(10-12)17(18,19)20/h3-10H,11H2,1-2H3. The summed E-state index contributed by atoms with van der Waals surface area (Å²) in [5.74, 6) is -0.767. The second-order valence-corrected chi connectivity index (χ2v) is 7.74. The van der Waals surface area contributed by atoms with Gasteiger partial charge in [-0.05, 0) is 42.0 Å². The first-order valence-corrected chi connectivity index (χ1v) is 8.81. The van der Waals surface area contributed by atoms with Crippen LogP contribution >= 0.6 is 0 Å². The van der Waals surface area contributed by atoms with Gasteiger partial charge in [-0.1, -0.05) is 12.1 Å². The number of rotatable bonds is 5. The Morgan fingerprint density at radius 2 is 1.69 bits per heavy atom. The Kier molecular flexibility index (Phi) is 5.72. The third-order valence-corrected chi connectivity index (χ3v) is 5.32. The van der Waals surface area contributed by atoms with Crippen LogP contribution in [0.2, 0.25) is 0 Å². The maximum absolute atomic E-state index is 12.7. The average Bonchev–Trinajstić information content (AvgIpc) is 2.59. The molecule has 0 aliphatic rings. The van der Waals surface area contributed by atoms with Gasteiger partial charge in [-0.15, -0.1) is 0 Å². The van der Waals surface area contributed by atoms with Crippen molar-refractivity contribution < 1.29 is 31.1 Å². The third-order valence-electron chi connectivity index (χ3n) is 3.49. The molecule has 0 aromatic heterocycles. The van der Waals surface area contributed by atoms with E-state index in [1.54, 1.807) is 0 Å². The minimum Gasteiger partial charge on any atom is -0.457 e. The summed E-state index contributed by atoms with van der Waals surface area (Å²) in [6.45, 7) is -0.333. The number of sulfonamides is 1. The predicted molar refractivity (Wildman–Crippen MR) is 87.9 cm³/mol. The minimum absolute atomic E-state index is 0.0110. The van der Waals surface area contributed by atoms with Crippen LogP contribution in [0.5, 0.6) is 0 Å². The van der Waals surface area contributed by atoms with Gasteiger partial charge in [0.15, 0.2) is 0 Å². The van der Waals surface area contributed by atoms with Crippen LogP contribution in [-0.2, 0) is 27.5 Å². The Morgan fingerprint density at radius 3 is 2.23 bits per heavy atom. The van der Waals surface area contributed by atoms with Gasteiger partial charge in [0.2, 0.25) is 10.0 Å². The average molecular weight is 387 g/mol. The molecule has 0 fully saturated rings. The highest BCUT2D eigenvalue weighted by atomic mass is 32.2. The molecule has 0 bridgehead atoms. The molecular weight excluding hydrogens is 371 g/mol. The lowest BCUT2D eigenvalue weighted by atomic mass is 10.1. The fourth-order valence-electron chi connectivity index (χ4n) is 2.04. The van der Waals surface area contributed by atoms with Crippen LogP contribution < -0.4 is 0 Å². The topological polar surface area (TPSA) is 63.7 Å². The summed E-state index contributed by atoms with van der Waals surface area (Å²) in [5.41, 5.74) is -0.543. The van der Waals surface area contributed by atoms with Crippen LogP contribution in [0.25, 0.3) is 0 Å². The van der Waals surface area contributed by atoms with Crippen molar-refractivity contribution in [1.82, 2.24) is 4.31 Å². The van der Waals surface area contributed by atoms with Crippen molar-refractivity contribution in [2.45, 2.75) is 17.7 Å². The molecule has 0 saturated heterocycles. The normalized spacial score (nSPS) is 12.2. The van der Waals surface area contributed by atoms with Crippen molar-refractivity contribution in [3.63, 3.8) is 0 Å². The highest BCUT2D eigenvalue weighted by Gasteiger charge is 2.30. The summed E-state index contributed by atoms with van der Waals surface area (Å²) in [7, 11) is -0.856. The predicted octanol–water partition coefficient (Wildman–Crippen LogP) is 3.31. The zero-order valence-corrected chi connectivity index (χ0v) is 14.8. The summed E-state index contributed by atoms with van der Waals surface area (Å²) < 4.78 is 67.9. The number of hydrogen-bond acceptors (Lipinski definition) is 4. The van der Waals surface area contributed by atoms with E-state index in [0.29, 0.717) is 0 Å². The Bertz CT molecular complexity index is 891. The van der Waals surface area contributed by atoms with Gasteiger partial charge >= 0.3 is 12.1 Å². The van der Waals surface area contributed by atoms with Gasteiger partial charge in [-0.25, -0.2) is 17.5 Å². The van der Waals surface area contributed by atoms with Crippen molar-refractivity contribution in [3.8, 4) is 0 Å². The first-order chi connectivity index (χ1) is 12.0. The lowest BCUT2D eigenvalue weighted by molar-refractivity contribution is -0.137. The molecular formula is C17H16F3NO4S. The van der Waals surface area contributed by atoms with Gasteiger partial charge in [-0.2, -0.15) is 13.2 Å². The lowest BCUT2D eigenvalue weighted by Crippen LogP contribution is -2.22. The molecule has 0 unspecified atom stereocenters. The van der Waals surface area contributed by atoms with Crippen LogP contribution in [0.15, 0.2) is 53.4 Å². The van der Waals surface area contributed by atoms with E-state index in [1.165, 1.54) is 50.5 Å². The van der Waals surface area contributed by atoms with Crippen LogP contribution in [0.4, 0.5) is 13.2 Å². The lowest BCUT2D eigenvalue weighted by Gasteiger charge is -2.12. The van der Waals surface area contributed by atoms with Crippen LogP contribution in [0.1, 0.15) is 21.5 Å². The van der Waals surface area contributed by atoms with Crippen molar-refractivity contribution in [2.24, 2.45) is 0 Å². The maximum atomic E-state index is 12.7. The van der Waals surface area contributed by atoms with Crippen LogP contribution in [0, 0.1) is 0 Å². The summed E-state index contributed by atoms with van der Waals surface area (Å²) in [4.78, 5) is 12.0. The Balaban J connectivity index is 2.07. The number of carbonyl (C=O) groups is 1. The molecule has 0 atom stereocenters. The van der Waals surface area contributed by atoms with Crippen molar-refractivity contribution in [2.75, 3.05) is 14.1 Å². The Hall–Kier alpha value is -2.39. The van der Waals surface area contributed by atoms with E-state index >= 15 is 0 Å². The highest BCUT2D eigenvalue weighted by molar-refractivity contribution is 7.89. The van der Waals surface area contributed by atoms with Gasteiger partial charge in [0.25, 0.3) is 0 Å². The smallest absolute Gasteiger partial charge is 0.416 e. The van der Waals surface area contributed by atoms with Crippen LogP contribution in [-0.4, -0.2) is 32.8 Å². The molecule has 0 spiro atoms. The van der Waals surface area contributed by atoms with E-state index in [-0.39, 0.29) is 22.6 Å². The third kappa shape index (κ3) is 4.61. The van der Waals surface area contributed by atoms with E-state index in [0.717, 1.165) is 16.4 Å². The fourth-order valence-corrected chi connectivity index (χ4v) is 2.95. The number of alkyl halides is 3. The second-order valence-electron chi connectivity index (χ2n) is 5.59. The van der Waals surface area contributed by atoms with Crippen molar-refractivity contribution >= 4 is 16.0 Å². The molecule has 2 aromatic rings. The number of esters is 1. The summed E-state index contributed by atoms with van der Waals surface area (Å²) in [5, 5.41) is 0. The zero-order chi connectivity index (χ0) is 19.5. The SMILES string of the molecule is CN(C)S(=O)(=O)c1ccc(C(=O)OCc2cccc(C(F)(F)F)c2)cc1. The zero-order valence-electron chi connectivity index (χ0n) is 13.9. The number of hydrogen-bond donors (Lipinski definition) is 0. The largest absolute Gasteiger partial charge is 0.457 e.